The smallest absolute Gasteiger partial charge is 0.159 e. The van der Waals surface area contributed by atoms with Gasteiger partial charge in [-0.15, -0.1) is 0 Å². The molecule has 116 valence electrons. The lowest BCUT2D eigenvalue weighted by Crippen LogP contribution is -2.47. The van der Waals surface area contributed by atoms with Crippen molar-refractivity contribution in [1.82, 2.24) is 9.80 Å². The summed E-state index contributed by atoms with van der Waals surface area (Å²) in [5.74, 6) is 1.01. The molecule has 0 aliphatic carbocycles. The number of thioether (sulfide) groups is 1. The van der Waals surface area contributed by atoms with Gasteiger partial charge in [-0.1, -0.05) is 6.07 Å². The zero-order valence-corrected chi connectivity index (χ0v) is 13.0. The van der Waals surface area contributed by atoms with E-state index < -0.39 is 11.6 Å². The molecule has 5 heteroatoms. The van der Waals surface area contributed by atoms with Crippen LogP contribution in [0.4, 0.5) is 8.78 Å². The Labute approximate surface area is 129 Å². The molecule has 0 N–H and O–H groups in total. The predicted molar refractivity (Wildman–Crippen MR) is 83.6 cm³/mol. The van der Waals surface area contributed by atoms with Crippen LogP contribution < -0.4 is 0 Å². The maximum Gasteiger partial charge on any atom is 0.159 e. The lowest BCUT2D eigenvalue weighted by Gasteiger charge is -2.40. The molecule has 2 nitrogen and oxygen atoms in total. The van der Waals surface area contributed by atoms with E-state index >= 15 is 0 Å². The molecule has 0 radical (unpaired) electrons. The molecule has 0 bridgehead atoms. The van der Waals surface area contributed by atoms with Crippen molar-refractivity contribution in [2.75, 3.05) is 37.7 Å². The molecule has 2 aliphatic rings. The highest BCUT2D eigenvalue weighted by molar-refractivity contribution is 7.99. The highest BCUT2D eigenvalue weighted by atomic mass is 32.2. The second-order valence-corrected chi connectivity index (χ2v) is 7.13. The van der Waals surface area contributed by atoms with Crippen LogP contribution in [0.2, 0.25) is 0 Å². The molecule has 2 heterocycles. The van der Waals surface area contributed by atoms with Gasteiger partial charge in [0.2, 0.25) is 0 Å². The van der Waals surface area contributed by atoms with Crippen molar-refractivity contribution in [2.24, 2.45) is 0 Å². The first-order chi connectivity index (χ1) is 10.2. The number of piperidine rings is 1. The quantitative estimate of drug-likeness (QED) is 0.847. The van der Waals surface area contributed by atoms with E-state index in [1.165, 1.54) is 49.6 Å². The summed E-state index contributed by atoms with van der Waals surface area (Å²) in [7, 11) is 0. The van der Waals surface area contributed by atoms with E-state index in [4.69, 9.17) is 0 Å². The summed E-state index contributed by atoms with van der Waals surface area (Å²) < 4.78 is 26.2. The van der Waals surface area contributed by atoms with Crippen molar-refractivity contribution in [1.29, 1.82) is 0 Å². The standard InChI is InChI=1S/C16H22F2N2S/c17-15-2-1-13(11-16(15)18)12-19-5-3-14(4-6-19)20-7-9-21-10-8-20/h1-2,11,14H,3-10,12H2. The van der Waals surface area contributed by atoms with Gasteiger partial charge in [0.15, 0.2) is 11.6 Å². The van der Waals surface area contributed by atoms with Crippen LogP contribution in [-0.2, 0) is 6.54 Å². The lowest BCUT2D eigenvalue weighted by molar-refractivity contribution is 0.112. The summed E-state index contributed by atoms with van der Waals surface area (Å²) in [6, 6.07) is 4.95. The number of halogens is 2. The number of rotatable bonds is 3. The van der Waals surface area contributed by atoms with E-state index in [1.54, 1.807) is 6.07 Å². The van der Waals surface area contributed by atoms with Crippen LogP contribution in [0.3, 0.4) is 0 Å². The van der Waals surface area contributed by atoms with Gasteiger partial charge >= 0.3 is 0 Å². The minimum Gasteiger partial charge on any atom is -0.299 e. The Morgan fingerprint density at radius 1 is 1.00 bits per heavy atom. The van der Waals surface area contributed by atoms with Gasteiger partial charge in [0, 0.05) is 37.2 Å². The van der Waals surface area contributed by atoms with Crippen molar-refractivity contribution < 1.29 is 8.78 Å². The predicted octanol–water partition coefficient (Wildman–Crippen LogP) is 2.98. The van der Waals surface area contributed by atoms with Gasteiger partial charge in [0.25, 0.3) is 0 Å². The Morgan fingerprint density at radius 3 is 2.38 bits per heavy atom. The summed E-state index contributed by atoms with van der Waals surface area (Å²) in [5, 5.41) is 0. The van der Waals surface area contributed by atoms with Crippen molar-refractivity contribution in [2.45, 2.75) is 25.4 Å². The molecule has 0 amide bonds. The Balaban J connectivity index is 1.50. The van der Waals surface area contributed by atoms with Gasteiger partial charge in [0.05, 0.1) is 0 Å². The van der Waals surface area contributed by atoms with Gasteiger partial charge < -0.3 is 0 Å². The fraction of sp³-hybridized carbons (Fsp3) is 0.625. The maximum atomic E-state index is 13.2. The molecule has 3 rings (SSSR count). The molecule has 2 saturated heterocycles. The van der Waals surface area contributed by atoms with Gasteiger partial charge in [-0.05, 0) is 43.6 Å². The molecule has 0 unspecified atom stereocenters. The van der Waals surface area contributed by atoms with Crippen LogP contribution in [-0.4, -0.2) is 53.5 Å². The van der Waals surface area contributed by atoms with Crippen LogP contribution in [0.5, 0.6) is 0 Å². The van der Waals surface area contributed by atoms with Crippen molar-refractivity contribution >= 4 is 11.8 Å². The molecule has 0 aromatic heterocycles. The second kappa shape index (κ2) is 7.07. The third-order valence-corrected chi connectivity index (χ3v) is 5.45. The topological polar surface area (TPSA) is 6.48 Å². The summed E-state index contributed by atoms with van der Waals surface area (Å²) >= 11 is 2.05. The van der Waals surface area contributed by atoms with Crippen molar-refractivity contribution in [3.8, 4) is 0 Å². The van der Waals surface area contributed by atoms with Gasteiger partial charge in [-0.2, -0.15) is 11.8 Å². The van der Waals surface area contributed by atoms with E-state index in [0.29, 0.717) is 6.04 Å². The molecule has 2 aliphatic heterocycles. The zero-order valence-electron chi connectivity index (χ0n) is 12.2. The molecule has 0 spiro atoms. The minimum absolute atomic E-state index is 0.715. The second-order valence-electron chi connectivity index (χ2n) is 5.90. The SMILES string of the molecule is Fc1ccc(CN2CCC(N3CCSCC3)CC2)cc1F. The van der Waals surface area contributed by atoms with Crippen LogP contribution in [0.25, 0.3) is 0 Å². The molecule has 1 aromatic rings. The Kier molecular flexibility index (Phi) is 5.14. The molecule has 1 aromatic carbocycles. The Morgan fingerprint density at radius 2 is 1.71 bits per heavy atom. The van der Waals surface area contributed by atoms with Crippen LogP contribution in [0, 0.1) is 11.6 Å². The van der Waals surface area contributed by atoms with Gasteiger partial charge in [-0.25, -0.2) is 8.78 Å². The van der Waals surface area contributed by atoms with E-state index in [-0.39, 0.29) is 0 Å². The molecule has 2 fully saturated rings. The number of nitrogens with zero attached hydrogens (tertiary/aromatic N) is 2. The first kappa shape index (κ1) is 15.3. The van der Waals surface area contributed by atoms with E-state index in [2.05, 4.69) is 9.80 Å². The van der Waals surface area contributed by atoms with Gasteiger partial charge in [0.1, 0.15) is 0 Å². The normalized spacial score (nSPS) is 22.6. The fourth-order valence-electron chi connectivity index (χ4n) is 3.28. The lowest BCUT2D eigenvalue weighted by atomic mass is 10.0. The molecular weight excluding hydrogens is 290 g/mol. The number of hydrogen-bond acceptors (Lipinski definition) is 3. The van der Waals surface area contributed by atoms with E-state index in [0.717, 1.165) is 25.2 Å². The van der Waals surface area contributed by atoms with Crippen LogP contribution in [0.1, 0.15) is 18.4 Å². The first-order valence-corrected chi connectivity index (χ1v) is 8.86. The third kappa shape index (κ3) is 3.96. The highest BCUT2D eigenvalue weighted by Gasteiger charge is 2.25. The number of benzene rings is 1. The average Bonchev–Trinajstić information content (AvgIpc) is 2.53. The molecule has 0 saturated carbocycles. The van der Waals surface area contributed by atoms with E-state index in [1.807, 2.05) is 11.8 Å². The summed E-state index contributed by atoms with van der Waals surface area (Å²) in [6.45, 7) is 5.26. The average molecular weight is 312 g/mol. The van der Waals surface area contributed by atoms with E-state index in [9.17, 15) is 8.78 Å². The third-order valence-electron chi connectivity index (χ3n) is 4.51. The largest absolute Gasteiger partial charge is 0.299 e. The Hall–Kier alpha value is -0.650. The van der Waals surface area contributed by atoms with Crippen molar-refractivity contribution in [3.05, 3.63) is 35.4 Å². The fourth-order valence-corrected chi connectivity index (χ4v) is 4.21. The summed E-state index contributed by atoms with van der Waals surface area (Å²) in [4.78, 5) is 4.98. The van der Waals surface area contributed by atoms with Crippen LogP contribution >= 0.6 is 11.8 Å². The zero-order chi connectivity index (χ0) is 14.7. The first-order valence-electron chi connectivity index (χ1n) is 7.70. The van der Waals surface area contributed by atoms with Crippen LogP contribution in [0.15, 0.2) is 18.2 Å². The minimum atomic E-state index is -0.763. The maximum absolute atomic E-state index is 13.2. The highest BCUT2D eigenvalue weighted by Crippen LogP contribution is 2.22. The molecule has 21 heavy (non-hydrogen) atoms. The summed E-state index contributed by atoms with van der Waals surface area (Å²) in [6.07, 6.45) is 2.38. The number of likely N-dealkylation sites (tertiary alicyclic amines) is 1. The van der Waals surface area contributed by atoms with Gasteiger partial charge in [-0.3, -0.25) is 9.80 Å². The number of hydrogen-bond donors (Lipinski definition) is 0. The summed E-state index contributed by atoms with van der Waals surface area (Å²) in [5.41, 5.74) is 0.863. The monoisotopic (exact) mass is 312 g/mol. The Bertz CT molecular complexity index is 469. The molecular formula is C16H22F2N2S. The van der Waals surface area contributed by atoms with Crippen molar-refractivity contribution in [3.63, 3.8) is 0 Å². The molecule has 0 atom stereocenters.